The molecular weight excluding hydrogens is 327 g/mol. The van der Waals surface area contributed by atoms with E-state index in [2.05, 4.69) is 4.90 Å². The lowest BCUT2D eigenvalue weighted by Gasteiger charge is -2.34. The monoisotopic (exact) mass is 348 g/mol. The highest BCUT2D eigenvalue weighted by Crippen LogP contribution is 2.19. The van der Waals surface area contributed by atoms with Gasteiger partial charge in [-0.3, -0.25) is 4.90 Å². The van der Waals surface area contributed by atoms with E-state index in [1.165, 1.54) is 16.4 Å². The normalized spacial score (nSPS) is 17.1. The summed E-state index contributed by atoms with van der Waals surface area (Å²) >= 11 is 0. The first kappa shape index (κ1) is 17.1. The maximum atomic E-state index is 13.2. The number of nitrogens with zero attached hydrogens (tertiary/aromatic N) is 2. The van der Waals surface area contributed by atoms with Crippen molar-refractivity contribution in [2.45, 2.75) is 18.4 Å². The Hall–Kier alpha value is -1.76. The lowest BCUT2D eigenvalue weighted by molar-refractivity contribution is 0.181. The van der Waals surface area contributed by atoms with Crippen molar-refractivity contribution >= 4 is 10.0 Å². The molecule has 0 amide bonds. The largest absolute Gasteiger partial charge is 0.296 e. The van der Waals surface area contributed by atoms with Crippen LogP contribution in [0, 0.1) is 12.7 Å². The summed E-state index contributed by atoms with van der Waals surface area (Å²) in [5.74, 6) is -0.243. The van der Waals surface area contributed by atoms with Crippen molar-refractivity contribution in [3.05, 3.63) is 65.5 Å². The number of rotatable bonds is 4. The van der Waals surface area contributed by atoms with Gasteiger partial charge in [0.2, 0.25) is 10.0 Å². The molecule has 0 spiro atoms. The molecule has 0 aromatic heterocycles. The fourth-order valence-corrected chi connectivity index (χ4v) is 4.30. The van der Waals surface area contributed by atoms with Crippen LogP contribution in [0.25, 0.3) is 0 Å². The van der Waals surface area contributed by atoms with Crippen molar-refractivity contribution in [3.63, 3.8) is 0 Å². The fraction of sp³-hybridized carbons (Fsp3) is 0.333. The highest BCUT2D eigenvalue weighted by Gasteiger charge is 2.28. The Labute approximate surface area is 142 Å². The van der Waals surface area contributed by atoms with Crippen LogP contribution in [0.1, 0.15) is 11.1 Å². The molecule has 0 saturated carbocycles. The molecule has 2 aromatic carbocycles. The second kappa shape index (κ2) is 7.01. The lowest BCUT2D eigenvalue weighted by atomic mass is 10.2. The molecule has 1 aliphatic heterocycles. The lowest BCUT2D eigenvalue weighted by Crippen LogP contribution is -2.48. The molecule has 1 saturated heterocycles. The topological polar surface area (TPSA) is 40.6 Å². The Balaban J connectivity index is 1.63. The molecule has 128 valence electrons. The average Bonchev–Trinajstić information content (AvgIpc) is 2.56. The van der Waals surface area contributed by atoms with Gasteiger partial charge in [-0.05, 0) is 36.8 Å². The van der Waals surface area contributed by atoms with Gasteiger partial charge in [0.05, 0.1) is 4.90 Å². The molecule has 0 atom stereocenters. The Kier molecular flexibility index (Phi) is 4.99. The average molecular weight is 348 g/mol. The van der Waals surface area contributed by atoms with Crippen LogP contribution in [0.3, 0.4) is 0 Å². The van der Waals surface area contributed by atoms with E-state index in [1.807, 2.05) is 25.1 Å². The Morgan fingerprint density at radius 2 is 1.67 bits per heavy atom. The number of benzene rings is 2. The maximum absolute atomic E-state index is 13.2. The number of piperazine rings is 1. The van der Waals surface area contributed by atoms with E-state index in [-0.39, 0.29) is 5.82 Å². The minimum atomic E-state index is -3.44. The second-order valence-corrected chi connectivity index (χ2v) is 8.06. The SMILES string of the molecule is Cc1ccc(S(=O)(=O)N2CCN(Cc3cccc(F)c3)CC2)cc1. The maximum Gasteiger partial charge on any atom is 0.243 e. The van der Waals surface area contributed by atoms with Gasteiger partial charge >= 0.3 is 0 Å². The summed E-state index contributed by atoms with van der Waals surface area (Å²) in [5, 5.41) is 0. The third kappa shape index (κ3) is 3.83. The van der Waals surface area contributed by atoms with Crippen molar-refractivity contribution in [3.8, 4) is 0 Å². The molecule has 0 aliphatic carbocycles. The zero-order valence-electron chi connectivity index (χ0n) is 13.7. The smallest absolute Gasteiger partial charge is 0.243 e. The highest BCUT2D eigenvalue weighted by molar-refractivity contribution is 7.89. The van der Waals surface area contributed by atoms with Crippen LogP contribution in [-0.2, 0) is 16.6 Å². The molecule has 3 rings (SSSR count). The van der Waals surface area contributed by atoms with Crippen LogP contribution < -0.4 is 0 Å². The van der Waals surface area contributed by atoms with Crippen molar-refractivity contribution in [1.82, 2.24) is 9.21 Å². The molecule has 1 fully saturated rings. The van der Waals surface area contributed by atoms with Crippen LogP contribution in [0.2, 0.25) is 0 Å². The van der Waals surface area contributed by atoms with Gasteiger partial charge in [-0.15, -0.1) is 0 Å². The van der Waals surface area contributed by atoms with Crippen LogP contribution >= 0.6 is 0 Å². The molecule has 0 bridgehead atoms. The predicted octanol–water partition coefficient (Wildman–Crippen LogP) is 2.64. The minimum absolute atomic E-state index is 0.243. The Morgan fingerprint density at radius 3 is 2.29 bits per heavy atom. The van der Waals surface area contributed by atoms with Crippen LogP contribution in [0.5, 0.6) is 0 Å². The van der Waals surface area contributed by atoms with Crippen molar-refractivity contribution in [2.75, 3.05) is 26.2 Å². The van der Waals surface area contributed by atoms with Crippen LogP contribution in [0.15, 0.2) is 53.4 Å². The molecule has 4 nitrogen and oxygen atoms in total. The first-order valence-corrected chi connectivity index (χ1v) is 9.43. The van der Waals surface area contributed by atoms with Crippen molar-refractivity contribution in [1.29, 1.82) is 0 Å². The van der Waals surface area contributed by atoms with Crippen molar-refractivity contribution < 1.29 is 12.8 Å². The Morgan fingerprint density at radius 1 is 1.00 bits per heavy atom. The van der Waals surface area contributed by atoms with E-state index in [0.29, 0.717) is 37.6 Å². The van der Waals surface area contributed by atoms with Gasteiger partial charge in [0, 0.05) is 32.7 Å². The van der Waals surface area contributed by atoms with Gasteiger partial charge in [0.15, 0.2) is 0 Å². The van der Waals surface area contributed by atoms with Gasteiger partial charge in [-0.2, -0.15) is 4.31 Å². The molecule has 0 radical (unpaired) electrons. The quantitative estimate of drug-likeness (QED) is 0.853. The van der Waals surface area contributed by atoms with Gasteiger partial charge in [-0.1, -0.05) is 29.8 Å². The fourth-order valence-electron chi connectivity index (χ4n) is 2.88. The van der Waals surface area contributed by atoms with Crippen LogP contribution in [0.4, 0.5) is 4.39 Å². The third-order valence-corrected chi connectivity index (χ3v) is 6.20. The first-order valence-electron chi connectivity index (χ1n) is 7.99. The Bertz CT molecular complexity index is 798. The molecule has 1 heterocycles. The number of sulfonamides is 1. The number of hydrogen-bond acceptors (Lipinski definition) is 3. The first-order chi connectivity index (χ1) is 11.4. The van der Waals surface area contributed by atoms with E-state index in [0.717, 1.165) is 11.1 Å². The summed E-state index contributed by atoms with van der Waals surface area (Å²) in [6.45, 7) is 4.75. The predicted molar refractivity (Wildman–Crippen MR) is 91.6 cm³/mol. The molecule has 1 aliphatic rings. The molecular formula is C18H21FN2O2S. The van der Waals surface area contributed by atoms with Gasteiger partial charge < -0.3 is 0 Å². The standard InChI is InChI=1S/C18H21FN2O2S/c1-15-5-7-18(8-6-15)24(22,23)21-11-9-20(10-12-21)14-16-3-2-4-17(19)13-16/h2-8,13H,9-12,14H2,1H3. The third-order valence-electron chi connectivity index (χ3n) is 4.29. The summed E-state index contributed by atoms with van der Waals surface area (Å²) < 4.78 is 40.1. The van der Waals surface area contributed by atoms with E-state index in [4.69, 9.17) is 0 Å². The van der Waals surface area contributed by atoms with Gasteiger partial charge in [0.1, 0.15) is 5.82 Å². The molecule has 2 aromatic rings. The van der Waals surface area contributed by atoms with Crippen LogP contribution in [-0.4, -0.2) is 43.8 Å². The molecule has 24 heavy (non-hydrogen) atoms. The summed E-state index contributed by atoms with van der Waals surface area (Å²) in [4.78, 5) is 2.49. The number of halogens is 1. The molecule has 0 N–H and O–H groups in total. The number of aryl methyl sites for hydroxylation is 1. The zero-order valence-corrected chi connectivity index (χ0v) is 14.5. The van der Waals surface area contributed by atoms with E-state index >= 15 is 0 Å². The van der Waals surface area contributed by atoms with Gasteiger partial charge in [-0.25, -0.2) is 12.8 Å². The second-order valence-electron chi connectivity index (χ2n) is 6.12. The van der Waals surface area contributed by atoms with Crippen molar-refractivity contribution in [2.24, 2.45) is 0 Å². The number of hydrogen-bond donors (Lipinski definition) is 0. The van der Waals surface area contributed by atoms with E-state index in [1.54, 1.807) is 18.2 Å². The summed E-state index contributed by atoms with van der Waals surface area (Å²) in [6, 6.07) is 13.5. The molecule has 0 unspecified atom stereocenters. The minimum Gasteiger partial charge on any atom is -0.296 e. The summed E-state index contributed by atoms with van der Waals surface area (Å²) in [6.07, 6.45) is 0. The highest BCUT2D eigenvalue weighted by atomic mass is 32.2. The van der Waals surface area contributed by atoms with Gasteiger partial charge in [0.25, 0.3) is 0 Å². The summed E-state index contributed by atoms with van der Waals surface area (Å²) in [5.41, 5.74) is 1.94. The summed E-state index contributed by atoms with van der Waals surface area (Å²) in [7, 11) is -3.44. The van der Waals surface area contributed by atoms with E-state index in [9.17, 15) is 12.8 Å². The molecule has 6 heteroatoms. The van der Waals surface area contributed by atoms with E-state index < -0.39 is 10.0 Å². The zero-order chi connectivity index (χ0) is 17.2.